The van der Waals surface area contributed by atoms with E-state index in [9.17, 15) is 4.79 Å². The number of aromatic nitrogens is 1. The standard InChI is InChI=1S/C11H8BrNO2S/c1-7-6-15-11(13-7)16-10-3-2-8(5-14)4-9(10)12/h2-6H,1H3. The van der Waals surface area contributed by atoms with Gasteiger partial charge >= 0.3 is 0 Å². The number of carbonyl (C=O) groups excluding carboxylic acids is 1. The van der Waals surface area contributed by atoms with Gasteiger partial charge < -0.3 is 4.42 Å². The Labute approximate surface area is 105 Å². The minimum absolute atomic E-state index is 0.594. The van der Waals surface area contributed by atoms with Gasteiger partial charge in [-0.25, -0.2) is 4.98 Å². The first-order valence-electron chi connectivity index (χ1n) is 4.54. The minimum atomic E-state index is 0.594. The molecule has 0 bridgehead atoms. The molecule has 0 saturated carbocycles. The van der Waals surface area contributed by atoms with E-state index in [1.54, 1.807) is 18.4 Å². The van der Waals surface area contributed by atoms with Crippen LogP contribution in [0.4, 0.5) is 0 Å². The van der Waals surface area contributed by atoms with Crippen LogP contribution in [-0.4, -0.2) is 11.3 Å². The Hall–Kier alpha value is -1.07. The Morgan fingerprint density at radius 2 is 2.31 bits per heavy atom. The van der Waals surface area contributed by atoms with Crippen molar-refractivity contribution in [2.75, 3.05) is 0 Å². The van der Waals surface area contributed by atoms with Gasteiger partial charge in [0.15, 0.2) is 0 Å². The molecular formula is C11H8BrNO2S. The SMILES string of the molecule is Cc1coc(Sc2ccc(C=O)cc2Br)n1. The summed E-state index contributed by atoms with van der Waals surface area (Å²) < 4.78 is 6.10. The molecule has 2 aromatic rings. The monoisotopic (exact) mass is 297 g/mol. The molecule has 0 amide bonds. The van der Waals surface area contributed by atoms with Crippen molar-refractivity contribution in [2.45, 2.75) is 17.0 Å². The predicted molar refractivity (Wildman–Crippen MR) is 64.9 cm³/mol. The van der Waals surface area contributed by atoms with E-state index in [0.29, 0.717) is 10.8 Å². The van der Waals surface area contributed by atoms with Crippen molar-refractivity contribution in [3.8, 4) is 0 Å². The van der Waals surface area contributed by atoms with E-state index >= 15 is 0 Å². The lowest BCUT2D eigenvalue weighted by Gasteiger charge is -2.01. The fraction of sp³-hybridized carbons (Fsp3) is 0.0909. The first-order valence-corrected chi connectivity index (χ1v) is 6.14. The highest BCUT2D eigenvalue weighted by Gasteiger charge is 2.07. The molecule has 0 aliphatic heterocycles. The number of hydrogen-bond donors (Lipinski definition) is 0. The van der Waals surface area contributed by atoms with Crippen LogP contribution in [0.15, 0.2) is 43.5 Å². The summed E-state index contributed by atoms with van der Waals surface area (Å²) in [6.07, 6.45) is 2.42. The lowest BCUT2D eigenvalue weighted by atomic mass is 10.2. The third-order valence-electron chi connectivity index (χ3n) is 1.89. The topological polar surface area (TPSA) is 43.1 Å². The van der Waals surface area contributed by atoms with Gasteiger partial charge in [0.05, 0.1) is 5.69 Å². The zero-order chi connectivity index (χ0) is 11.5. The van der Waals surface area contributed by atoms with Crippen LogP contribution < -0.4 is 0 Å². The second-order valence-corrected chi connectivity index (χ2v) is 5.01. The molecule has 0 radical (unpaired) electrons. The van der Waals surface area contributed by atoms with Crippen LogP contribution in [0.2, 0.25) is 0 Å². The molecule has 1 aromatic heterocycles. The first kappa shape index (κ1) is 11.4. The van der Waals surface area contributed by atoms with E-state index < -0.39 is 0 Å². The number of rotatable bonds is 3. The van der Waals surface area contributed by atoms with Crippen LogP contribution in [0.1, 0.15) is 16.1 Å². The third kappa shape index (κ3) is 2.54. The van der Waals surface area contributed by atoms with Gasteiger partial charge in [-0.1, -0.05) is 6.07 Å². The third-order valence-corrected chi connectivity index (χ3v) is 3.74. The van der Waals surface area contributed by atoms with Gasteiger partial charge in [-0.15, -0.1) is 0 Å². The molecule has 5 heteroatoms. The van der Waals surface area contributed by atoms with Gasteiger partial charge in [0.25, 0.3) is 5.22 Å². The van der Waals surface area contributed by atoms with Crippen LogP contribution in [0.5, 0.6) is 0 Å². The van der Waals surface area contributed by atoms with E-state index in [0.717, 1.165) is 21.3 Å². The van der Waals surface area contributed by atoms with Crippen molar-refractivity contribution in [3.63, 3.8) is 0 Å². The molecule has 0 aliphatic rings. The second kappa shape index (κ2) is 4.84. The van der Waals surface area contributed by atoms with Gasteiger partial charge in [-0.2, -0.15) is 0 Å². The number of halogens is 1. The van der Waals surface area contributed by atoms with Crippen LogP contribution >= 0.6 is 27.7 Å². The summed E-state index contributed by atoms with van der Waals surface area (Å²) in [7, 11) is 0. The van der Waals surface area contributed by atoms with E-state index in [1.165, 1.54) is 11.8 Å². The maximum atomic E-state index is 10.6. The van der Waals surface area contributed by atoms with Gasteiger partial charge in [-0.05, 0) is 46.7 Å². The summed E-state index contributed by atoms with van der Waals surface area (Å²) >= 11 is 4.82. The summed E-state index contributed by atoms with van der Waals surface area (Å²) in [5.41, 5.74) is 1.49. The Morgan fingerprint density at radius 3 is 2.88 bits per heavy atom. The van der Waals surface area contributed by atoms with E-state index in [1.807, 2.05) is 13.0 Å². The molecule has 82 valence electrons. The van der Waals surface area contributed by atoms with Gasteiger partial charge in [0.1, 0.15) is 12.5 Å². The number of aldehydes is 1. The number of aryl methyl sites for hydroxylation is 1. The maximum absolute atomic E-state index is 10.6. The summed E-state index contributed by atoms with van der Waals surface area (Å²) in [5, 5.41) is 0.594. The summed E-state index contributed by atoms with van der Waals surface area (Å²) in [6, 6.07) is 5.39. The van der Waals surface area contributed by atoms with Crippen molar-refractivity contribution in [1.82, 2.24) is 4.98 Å². The number of carbonyl (C=O) groups is 1. The molecule has 0 unspecified atom stereocenters. The lowest BCUT2D eigenvalue weighted by Crippen LogP contribution is -1.82. The average molecular weight is 298 g/mol. The van der Waals surface area contributed by atoms with Gasteiger partial charge in [0, 0.05) is 14.9 Å². The largest absolute Gasteiger partial charge is 0.439 e. The van der Waals surface area contributed by atoms with Crippen LogP contribution in [-0.2, 0) is 0 Å². The van der Waals surface area contributed by atoms with Crippen LogP contribution in [0.3, 0.4) is 0 Å². The van der Waals surface area contributed by atoms with Crippen molar-refractivity contribution in [1.29, 1.82) is 0 Å². The molecule has 1 aromatic carbocycles. The van der Waals surface area contributed by atoms with E-state index in [2.05, 4.69) is 20.9 Å². The maximum Gasteiger partial charge on any atom is 0.260 e. The normalized spacial score (nSPS) is 10.4. The highest BCUT2D eigenvalue weighted by atomic mass is 79.9. The van der Waals surface area contributed by atoms with Crippen LogP contribution in [0, 0.1) is 6.92 Å². The Bertz CT molecular complexity index is 524. The number of nitrogens with zero attached hydrogens (tertiary/aromatic N) is 1. The Balaban J connectivity index is 2.25. The van der Waals surface area contributed by atoms with Crippen molar-refractivity contribution >= 4 is 34.0 Å². The zero-order valence-electron chi connectivity index (χ0n) is 8.44. The quantitative estimate of drug-likeness (QED) is 0.810. The molecule has 16 heavy (non-hydrogen) atoms. The Morgan fingerprint density at radius 1 is 1.50 bits per heavy atom. The molecule has 0 fully saturated rings. The molecule has 2 rings (SSSR count). The zero-order valence-corrected chi connectivity index (χ0v) is 10.8. The molecule has 0 aliphatic carbocycles. The summed E-state index contributed by atoms with van der Waals surface area (Å²) in [5.74, 6) is 0. The smallest absolute Gasteiger partial charge is 0.260 e. The fourth-order valence-electron chi connectivity index (χ4n) is 1.15. The highest BCUT2D eigenvalue weighted by Crippen LogP contribution is 2.33. The van der Waals surface area contributed by atoms with Crippen molar-refractivity contribution in [2.24, 2.45) is 0 Å². The highest BCUT2D eigenvalue weighted by molar-refractivity contribution is 9.10. The second-order valence-electron chi connectivity index (χ2n) is 3.16. The fourth-order valence-corrected chi connectivity index (χ4v) is 2.55. The molecule has 3 nitrogen and oxygen atoms in total. The van der Waals surface area contributed by atoms with Crippen molar-refractivity contribution in [3.05, 3.63) is 40.2 Å². The molecule has 0 saturated heterocycles. The van der Waals surface area contributed by atoms with Crippen LogP contribution in [0.25, 0.3) is 0 Å². The first-order chi connectivity index (χ1) is 7.69. The Kier molecular flexibility index (Phi) is 3.46. The lowest BCUT2D eigenvalue weighted by molar-refractivity contribution is 0.112. The molecule has 0 atom stereocenters. The van der Waals surface area contributed by atoms with Gasteiger partial charge in [-0.3, -0.25) is 4.79 Å². The molecule has 0 spiro atoms. The van der Waals surface area contributed by atoms with Crippen molar-refractivity contribution < 1.29 is 9.21 Å². The van der Waals surface area contributed by atoms with E-state index in [4.69, 9.17) is 4.42 Å². The molecular weight excluding hydrogens is 290 g/mol. The molecule has 0 N–H and O–H groups in total. The minimum Gasteiger partial charge on any atom is -0.439 e. The number of hydrogen-bond acceptors (Lipinski definition) is 4. The molecule has 1 heterocycles. The number of benzene rings is 1. The summed E-state index contributed by atoms with van der Waals surface area (Å²) in [6.45, 7) is 1.87. The summed E-state index contributed by atoms with van der Waals surface area (Å²) in [4.78, 5) is 15.7. The average Bonchev–Trinajstić information content (AvgIpc) is 2.67. The van der Waals surface area contributed by atoms with E-state index in [-0.39, 0.29) is 0 Å². The predicted octanol–water partition coefficient (Wildman–Crippen LogP) is 3.71. The van der Waals surface area contributed by atoms with Gasteiger partial charge in [0.2, 0.25) is 0 Å². The number of oxazole rings is 1.